The van der Waals surface area contributed by atoms with Crippen LogP contribution >= 0.6 is 11.8 Å². The van der Waals surface area contributed by atoms with Crippen LogP contribution in [0.1, 0.15) is 63.1 Å². The summed E-state index contributed by atoms with van der Waals surface area (Å²) in [7, 11) is 0. The Hall–Kier alpha value is -0.550. The van der Waals surface area contributed by atoms with Gasteiger partial charge in [-0.1, -0.05) is 30.8 Å². The Morgan fingerprint density at radius 2 is 1.94 bits per heavy atom. The van der Waals surface area contributed by atoms with Gasteiger partial charge in [-0.3, -0.25) is 0 Å². The summed E-state index contributed by atoms with van der Waals surface area (Å²) in [5, 5.41) is 4.88. The van der Waals surface area contributed by atoms with Crippen LogP contribution in [0.4, 0.5) is 0 Å². The molecule has 1 aromatic heterocycles. The van der Waals surface area contributed by atoms with Gasteiger partial charge in [0.2, 0.25) is 5.89 Å². The number of nitrogens with zero attached hydrogens (tertiary/aromatic N) is 2. The molecule has 0 aromatic carbocycles. The van der Waals surface area contributed by atoms with Gasteiger partial charge in [-0.2, -0.15) is 16.7 Å². The highest BCUT2D eigenvalue weighted by atomic mass is 32.2. The first-order valence-corrected chi connectivity index (χ1v) is 8.05. The molecule has 0 saturated heterocycles. The molecule has 0 bridgehead atoms. The van der Waals surface area contributed by atoms with Crippen LogP contribution in [0, 0.1) is 0 Å². The van der Waals surface area contributed by atoms with Crippen LogP contribution in [0.5, 0.6) is 0 Å². The molecule has 100 valence electrons. The lowest BCUT2D eigenvalue weighted by Crippen LogP contribution is -2.33. The summed E-state index contributed by atoms with van der Waals surface area (Å²) in [6, 6.07) is 0. The molecule has 4 nitrogen and oxygen atoms in total. The molecule has 2 saturated carbocycles. The summed E-state index contributed by atoms with van der Waals surface area (Å²) >= 11 is 1.97. The number of hydrogen-bond acceptors (Lipinski definition) is 5. The lowest BCUT2D eigenvalue weighted by molar-refractivity contribution is 0.284. The molecule has 0 aliphatic heterocycles. The standard InChI is InChI=1S/C13H21N3OS/c14-13(7-3-4-8-13)12-15-11(16-17-12)9-18-10-5-1-2-6-10/h10H,1-9,14H2. The normalized spacial score (nSPS) is 23.8. The van der Waals surface area contributed by atoms with Crippen molar-refractivity contribution in [2.75, 3.05) is 0 Å². The van der Waals surface area contributed by atoms with E-state index in [1.54, 1.807) is 0 Å². The fourth-order valence-electron chi connectivity index (χ4n) is 2.98. The molecule has 0 radical (unpaired) electrons. The smallest absolute Gasteiger partial charge is 0.246 e. The Bertz CT molecular complexity index is 395. The molecule has 0 atom stereocenters. The van der Waals surface area contributed by atoms with E-state index in [2.05, 4.69) is 10.1 Å². The van der Waals surface area contributed by atoms with Crippen molar-refractivity contribution in [3.8, 4) is 0 Å². The Morgan fingerprint density at radius 3 is 2.67 bits per heavy atom. The van der Waals surface area contributed by atoms with E-state index in [0.29, 0.717) is 5.89 Å². The topological polar surface area (TPSA) is 64.9 Å². The van der Waals surface area contributed by atoms with Gasteiger partial charge in [-0.15, -0.1) is 0 Å². The first-order valence-electron chi connectivity index (χ1n) is 7.00. The molecule has 1 aromatic rings. The minimum Gasteiger partial charge on any atom is -0.337 e. The number of nitrogens with two attached hydrogens (primary N) is 1. The average molecular weight is 267 g/mol. The molecule has 2 N–H and O–H groups in total. The van der Waals surface area contributed by atoms with Crippen molar-refractivity contribution in [1.82, 2.24) is 10.1 Å². The van der Waals surface area contributed by atoms with E-state index in [4.69, 9.17) is 10.3 Å². The summed E-state index contributed by atoms with van der Waals surface area (Å²) in [6.07, 6.45) is 9.74. The van der Waals surface area contributed by atoms with Crippen molar-refractivity contribution in [2.24, 2.45) is 5.73 Å². The monoisotopic (exact) mass is 267 g/mol. The molecule has 2 aliphatic rings. The molecular formula is C13H21N3OS. The number of rotatable bonds is 4. The summed E-state index contributed by atoms with van der Waals surface area (Å²) < 4.78 is 5.37. The average Bonchev–Trinajstić information content (AvgIpc) is 3.08. The van der Waals surface area contributed by atoms with Crippen LogP contribution in [0.2, 0.25) is 0 Å². The SMILES string of the molecule is NC1(c2nc(CSC3CCCC3)no2)CCCC1. The highest BCUT2D eigenvalue weighted by Gasteiger charge is 2.36. The number of aromatic nitrogens is 2. The molecule has 18 heavy (non-hydrogen) atoms. The molecule has 0 unspecified atom stereocenters. The molecule has 0 amide bonds. The van der Waals surface area contributed by atoms with Gasteiger partial charge in [0.1, 0.15) is 0 Å². The second kappa shape index (κ2) is 5.21. The zero-order chi connectivity index (χ0) is 12.4. The minimum atomic E-state index is -0.344. The van der Waals surface area contributed by atoms with Crippen molar-refractivity contribution < 1.29 is 4.52 Å². The lowest BCUT2D eigenvalue weighted by Gasteiger charge is -2.17. The second-order valence-electron chi connectivity index (χ2n) is 5.60. The van der Waals surface area contributed by atoms with Gasteiger partial charge >= 0.3 is 0 Å². The lowest BCUT2D eigenvalue weighted by atomic mass is 10.00. The Kier molecular flexibility index (Phi) is 3.61. The highest BCUT2D eigenvalue weighted by molar-refractivity contribution is 7.99. The van der Waals surface area contributed by atoms with E-state index < -0.39 is 0 Å². The molecule has 1 heterocycles. The van der Waals surface area contributed by atoms with Crippen molar-refractivity contribution >= 4 is 11.8 Å². The molecule has 2 fully saturated rings. The summed E-state index contributed by atoms with van der Waals surface area (Å²) in [5.41, 5.74) is 5.96. The van der Waals surface area contributed by atoms with Crippen LogP contribution in [-0.4, -0.2) is 15.4 Å². The molecule has 5 heteroatoms. The fourth-order valence-corrected chi connectivity index (χ4v) is 4.15. The van der Waals surface area contributed by atoms with Gasteiger partial charge in [0.25, 0.3) is 0 Å². The third-order valence-electron chi connectivity index (χ3n) is 4.14. The van der Waals surface area contributed by atoms with Gasteiger partial charge in [-0.05, 0) is 25.7 Å². The van der Waals surface area contributed by atoms with Gasteiger partial charge < -0.3 is 10.3 Å². The summed E-state index contributed by atoms with van der Waals surface area (Å²) in [4.78, 5) is 4.50. The Balaban J connectivity index is 1.59. The highest BCUT2D eigenvalue weighted by Crippen LogP contribution is 2.36. The predicted molar refractivity (Wildman–Crippen MR) is 72.2 cm³/mol. The Morgan fingerprint density at radius 1 is 1.22 bits per heavy atom. The number of hydrogen-bond donors (Lipinski definition) is 1. The maximum atomic E-state index is 6.31. The largest absolute Gasteiger partial charge is 0.337 e. The van der Waals surface area contributed by atoms with Gasteiger partial charge in [0.05, 0.1) is 11.3 Å². The summed E-state index contributed by atoms with van der Waals surface area (Å²) in [6.45, 7) is 0. The first kappa shape index (κ1) is 12.5. The van der Waals surface area contributed by atoms with Crippen molar-refractivity contribution in [2.45, 2.75) is 67.9 Å². The van der Waals surface area contributed by atoms with Crippen LogP contribution in [0.15, 0.2) is 4.52 Å². The second-order valence-corrected chi connectivity index (χ2v) is 6.89. The predicted octanol–water partition coefficient (Wildman–Crippen LogP) is 2.97. The number of thioether (sulfide) groups is 1. The zero-order valence-electron chi connectivity index (χ0n) is 10.7. The minimum absolute atomic E-state index is 0.344. The van der Waals surface area contributed by atoms with Crippen LogP contribution in [0.25, 0.3) is 0 Å². The van der Waals surface area contributed by atoms with Crippen molar-refractivity contribution in [3.63, 3.8) is 0 Å². The van der Waals surface area contributed by atoms with Gasteiger partial charge in [0, 0.05) is 5.25 Å². The van der Waals surface area contributed by atoms with E-state index in [0.717, 1.165) is 29.7 Å². The fraction of sp³-hybridized carbons (Fsp3) is 0.846. The maximum Gasteiger partial charge on any atom is 0.246 e. The van der Waals surface area contributed by atoms with Crippen LogP contribution < -0.4 is 5.73 Å². The molecule has 2 aliphatic carbocycles. The van der Waals surface area contributed by atoms with E-state index in [1.165, 1.54) is 38.5 Å². The van der Waals surface area contributed by atoms with Crippen molar-refractivity contribution in [3.05, 3.63) is 11.7 Å². The zero-order valence-corrected chi connectivity index (χ0v) is 11.5. The quantitative estimate of drug-likeness (QED) is 0.908. The third kappa shape index (κ3) is 2.57. The summed E-state index contributed by atoms with van der Waals surface area (Å²) in [5.74, 6) is 2.34. The van der Waals surface area contributed by atoms with Crippen molar-refractivity contribution in [1.29, 1.82) is 0 Å². The molecule has 0 spiro atoms. The van der Waals surface area contributed by atoms with Crippen LogP contribution in [-0.2, 0) is 11.3 Å². The third-order valence-corrected chi connectivity index (χ3v) is 5.51. The van der Waals surface area contributed by atoms with Gasteiger partial charge in [-0.25, -0.2) is 0 Å². The van der Waals surface area contributed by atoms with E-state index in [9.17, 15) is 0 Å². The van der Waals surface area contributed by atoms with Gasteiger partial charge in [0.15, 0.2) is 5.82 Å². The van der Waals surface area contributed by atoms with E-state index >= 15 is 0 Å². The van der Waals surface area contributed by atoms with E-state index in [1.807, 2.05) is 11.8 Å². The maximum absolute atomic E-state index is 6.31. The first-order chi connectivity index (χ1) is 8.76. The molecular weight excluding hydrogens is 246 g/mol. The Labute approximate surface area is 112 Å². The molecule has 3 rings (SSSR count). The van der Waals surface area contributed by atoms with E-state index in [-0.39, 0.29) is 5.54 Å². The van der Waals surface area contributed by atoms with Crippen LogP contribution in [0.3, 0.4) is 0 Å².